The number of hydrogen-bond donors (Lipinski definition) is 2. The molecule has 3 heteroatoms. The summed E-state index contributed by atoms with van der Waals surface area (Å²) >= 11 is 0. The average Bonchev–Trinajstić information content (AvgIpc) is 2.57. The Balaban J connectivity index is 3.30. The highest BCUT2D eigenvalue weighted by atomic mass is 16.4. The number of carboxylic acid groups (broad SMARTS) is 1. The molecule has 3 nitrogen and oxygen atoms in total. The first-order valence-corrected chi connectivity index (χ1v) is 10.1. The highest BCUT2D eigenvalue weighted by Gasteiger charge is 1.93. The SMILES string of the molecule is CCCCCCCCCCCCCCCC=CC=CC(O)=CC(=O)O. The zero-order valence-electron chi connectivity index (χ0n) is 16.1. The van der Waals surface area contributed by atoms with E-state index in [0.29, 0.717) is 0 Å². The second-order valence-corrected chi connectivity index (χ2v) is 6.73. The minimum Gasteiger partial charge on any atom is -0.508 e. The van der Waals surface area contributed by atoms with Crippen molar-refractivity contribution in [3.05, 3.63) is 36.1 Å². The normalized spacial score (nSPS) is 12.4. The highest BCUT2D eigenvalue weighted by Crippen LogP contribution is 2.13. The van der Waals surface area contributed by atoms with E-state index in [4.69, 9.17) is 5.11 Å². The molecule has 0 aromatic rings. The zero-order chi connectivity index (χ0) is 18.6. The lowest BCUT2D eigenvalue weighted by Crippen LogP contribution is -1.89. The van der Waals surface area contributed by atoms with Crippen molar-refractivity contribution in [2.75, 3.05) is 0 Å². The van der Waals surface area contributed by atoms with Crippen molar-refractivity contribution in [1.29, 1.82) is 0 Å². The van der Waals surface area contributed by atoms with Gasteiger partial charge in [-0.2, -0.15) is 0 Å². The molecule has 25 heavy (non-hydrogen) atoms. The van der Waals surface area contributed by atoms with Crippen LogP contribution in [0.5, 0.6) is 0 Å². The van der Waals surface area contributed by atoms with Crippen LogP contribution in [0.2, 0.25) is 0 Å². The average molecular weight is 351 g/mol. The van der Waals surface area contributed by atoms with Gasteiger partial charge >= 0.3 is 5.97 Å². The van der Waals surface area contributed by atoms with Crippen LogP contribution >= 0.6 is 0 Å². The number of aliphatic hydroxyl groups is 1. The molecular weight excluding hydrogens is 312 g/mol. The van der Waals surface area contributed by atoms with Gasteiger partial charge in [-0.05, 0) is 18.9 Å². The maximum absolute atomic E-state index is 10.3. The summed E-state index contributed by atoms with van der Waals surface area (Å²) in [4.78, 5) is 10.3. The molecule has 0 bridgehead atoms. The predicted octanol–water partition coefficient (Wildman–Crippen LogP) is 7.11. The van der Waals surface area contributed by atoms with Crippen LogP contribution in [-0.4, -0.2) is 16.2 Å². The lowest BCUT2D eigenvalue weighted by atomic mass is 10.0. The van der Waals surface area contributed by atoms with Crippen molar-refractivity contribution in [3.63, 3.8) is 0 Å². The van der Waals surface area contributed by atoms with Crippen molar-refractivity contribution in [2.45, 2.75) is 96.8 Å². The molecule has 0 aliphatic heterocycles. The lowest BCUT2D eigenvalue weighted by Gasteiger charge is -2.02. The minimum absolute atomic E-state index is 0.238. The monoisotopic (exact) mass is 350 g/mol. The first-order valence-electron chi connectivity index (χ1n) is 10.1. The van der Waals surface area contributed by atoms with Crippen LogP contribution in [-0.2, 0) is 4.79 Å². The van der Waals surface area contributed by atoms with Gasteiger partial charge in [-0.15, -0.1) is 0 Å². The highest BCUT2D eigenvalue weighted by molar-refractivity contribution is 5.80. The molecule has 144 valence electrons. The van der Waals surface area contributed by atoms with Crippen LogP contribution in [0.3, 0.4) is 0 Å². The van der Waals surface area contributed by atoms with E-state index >= 15 is 0 Å². The van der Waals surface area contributed by atoms with Gasteiger partial charge in [0, 0.05) is 0 Å². The summed E-state index contributed by atoms with van der Waals surface area (Å²) in [7, 11) is 0. The molecule has 0 atom stereocenters. The van der Waals surface area contributed by atoms with E-state index in [1.54, 1.807) is 6.08 Å². The van der Waals surface area contributed by atoms with Crippen molar-refractivity contribution in [3.8, 4) is 0 Å². The third kappa shape index (κ3) is 20.4. The predicted molar refractivity (Wildman–Crippen MR) is 107 cm³/mol. The Morgan fingerprint density at radius 1 is 0.720 bits per heavy atom. The lowest BCUT2D eigenvalue weighted by molar-refractivity contribution is -0.131. The van der Waals surface area contributed by atoms with Crippen LogP contribution < -0.4 is 0 Å². The fourth-order valence-corrected chi connectivity index (χ4v) is 2.78. The quantitative estimate of drug-likeness (QED) is 0.127. The largest absolute Gasteiger partial charge is 0.508 e. The Hall–Kier alpha value is -1.51. The molecule has 0 unspecified atom stereocenters. The fourth-order valence-electron chi connectivity index (χ4n) is 2.78. The maximum atomic E-state index is 10.3. The van der Waals surface area contributed by atoms with Crippen LogP contribution in [0.15, 0.2) is 36.1 Å². The number of aliphatic hydroxyl groups excluding tert-OH is 1. The van der Waals surface area contributed by atoms with Crippen LogP contribution in [0.1, 0.15) is 96.8 Å². The summed E-state index contributed by atoms with van der Waals surface area (Å²) in [5, 5.41) is 17.6. The summed E-state index contributed by atoms with van der Waals surface area (Å²) in [6, 6.07) is 0. The number of rotatable bonds is 17. The first-order chi connectivity index (χ1) is 12.2. The van der Waals surface area contributed by atoms with Gasteiger partial charge in [-0.3, -0.25) is 0 Å². The van der Waals surface area contributed by atoms with Crippen molar-refractivity contribution >= 4 is 5.97 Å². The zero-order valence-corrected chi connectivity index (χ0v) is 16.1. The molecule has 2 N–H and O–H groups in total. The Bertz CT molecular complexity index is 394. The van der Waals surface area contributed by atoms with Crippen LogP contribution in [0.4, 0.5) is 0 Å². The van der Waals surface area contributed by atoms with Crippen LogP contribution in [0.25, 0.3) is 0 Å². The number of aliphatic carboxylic acids is 1. The van der Waals surface area contributed by atoms with Gasteiger partial charge < -0.3 is 10.2 Å². The summed E-state index contributed by atoms with van der Waals surface area (Å²) in [6.07, 6.45) is 26.5. The summed E-state index contributed by atoms with van der Waals surface area (Å²) < 4.78 is 0. The Morgan fingerprint density at radius 2 is 1.20 bits per heavy atom. The molecule has 0 aliphatic carbocycles. The number of hydrogen-bond acceptors (Lipinski definition) is 2. The van der Waals surface area contributed by atoms with Gasteiger partial charge in [0.2, 0.25) is 0 Å². The van der Waals surface area contributed by atoms with Gasteiger partial charge in [0.25, 0.3) is 0 Å². The van der Waals surface area contributed by atoms with Crippen molar-refractivity contribution < 1.29 is 15.0 Å². The van der Waals surface area contributed by atoms with E-state index in [1.807, 2.05) is 6.08 Å². The third-order valence-electron chi connectivity index (χ3n) is 4.26. The molecule has 0 saturated heterocycles. The summed E-state index contributed by atoms with van der Waals surface area (Å²) in [5.74, 6) is -1.38. The smallest absolute Gasteiger partial charge is 0.332 e. The number of carbonyl (C=O) groups is 1. The molecule has 0 rings (SSSR count). The van der Waals surface area contributed by atoms with Crippen molar-refractivity contribution in [2.24, 2.45) is 0 Å². The van der Waals surface area contributed by atoms with E-state index in [-0.39, 0.29) is 5.76 Å². The molecule has 0 radical (unpaired) electrons. The maximum Gasteiger partial charge on any atom is 0.332 e. The molecular formula is C22H38O3. The van der Waals surface area contributed by atoms with Gasteiger partial charge in [-0.25, -0.2) is 4.79 Å². The molecule has 0 fully saturated rings. The number of carboxylic acids is 1. The van der Waals surface area contributed by atoms with Gasteiger partial charge in [0.15, 0.2) is 0 Å². The van der Waals surface area contributed by atoms with E-state index in [1.165, 1.54) is 89.5 Å². The standard InChI is InChI=1S/C22H38O3/c1-2-3-4-5-6-7-8-9-10-11-12-13-14-15-16-17-18-19-21(23)20-22(24)25/h16-20,23H,2-15H2,1H3,(H,24,25). The number of allylic oxidation sites excluding steroid dienone is 4. The third-order valence-corrected chi connectivity index (χ3v) is 4.26. The Morgan fingerprint density at radius 3 is 1.68 bits per heavy atom. The molecule has 0 saturated carbocycles. The van der Waals surface area contributed by atoms with E-state index in [9.17, 15) is 9.90 Å². The molecule has 0 spiro atoms. The van der Waals surface area contributed by atoms with E-state index in [2.05, 4.69) is 13.0 Å². The summed E-state index contributed by atoms with van der Waals surface area (Å²) in [5.41, 5.74) is 0. The van der Waals surface area contributed by atoms with E-state index < -0.39 is 5.97 Å². The number of unbranched alkanes of at least 4 members (excludes halogenated alkanes) is 13. The Labute approximate surface area is 154 Å². The van der Waals surface area contributed by atoms with E-state index in [0.717, 1.165) is 12.5 Å². The molecule has 0 aromatic carbocycles. The molecule has 0 aliphatic rings. The molecule has 0 amide bonds. The molecule has 0 aromatic heterocycles. The van der Waals surface area contributed by atoms with Gasteiger partial charge in [0.05, 0.1) is 6.08 Å². The molecule has 0 heterocycles. The first kappa shape index (κ1) is 23.5. The topological polar surface area (TPSA) is 57.5 Å². The van der Waals surface area contributed by atoms with Crippen molar-refractivity contribution in [1.82, 2.24) is 0 Å². The van der Waals surface area contributed by atoms with Crippen LogP contribution in [0, 0.1) is 0 Å². The second-order valence-electron chi connectivity index (χ2n) is 6.73. The fraction of sp³-hybridized carbons (Fsp3) is 0.682. The second kappa shape index (κ2) is 18.8. The van der Waals surface area contributed by atoms with Gasteiger partial charge in [-0.1, -0.05) is 102 Å². The Kier molecular flexibility index (Phi) is 17.7. The minimum atomic E-state index is -1.14. The summed E-state index contributed by atoms with van der Waals surface area (Å²) in [6.45, 7) is 2.27. The van der Waals surface area contributed by atoms with Gasteiger partial charge in [0.1, 0.15) is 5.76 Å².